The molecule has 0 saturated heterocycles. The molecule has 0 radical (unpaired) electrons. The van der Waals surface area contributed by atoms with E-state index in [9.17, 15) is 0 Å². The van der Waals surface area contributed by atoms with E-state index in [4.69, 9.17) is 28.9 Å². The zero-order valence-electron chi connectivity index (χ0n) is 7.84. The fraction of sp³-hybridized carbons (Fsp3) is 0.455. The molecular weight excluding hydrogens is 217 g/mol. The van der Waals surface area contributed by atoms with Crippen LogP contribution in [0.4, 0.5) is 0 Å². The average Bonchev–Trinajstić information content (AvgIpc) is 2.57. The van der Waals surface area contributed by atoms with Crippen molar-refractivity contribution in [3.8, 4) is 0 Å². The van der Waals surface area contributed by atoms with Gasteiger partial charge < -0.3 is 5.73 Å². The number of rotatable bonds is 1. The van der Waals surface area contributed by atoms with E-state index >= 15 is 0 Å². The molecule has 2 N–H and O–H groups in total. The van der Waals surface area contributed by atoms with Gasteiger partial charge in [-0.2, -0.15) is 0 Å². The van der Waals surface area contributed by atoms with Gasteiger partial charge in [0, 0.05) is 6.04 Å². The maximum atomic E-state index is 6.02. The van der Waals surface area contributed by atoms with Crippen molar-refractivity contribution in [2.45, 2.75) is 31.2 Å². The Morgan fingerprint density at radius 2 is 1.93 bits per heavy atom. The molecule has 0 spiro atoms. The largest absolute Gasteiger partial charge is 0.327 e. The predicted octanol–water partition coefficient (Wildman–Crippen LogP) is 3.59. The van der Waals surface area contributed by atoms with E-state index in [1.54, 1.807) is 0 Å². The molecule has 0 bridgehead atoms. The van der Waals surface area contributed by atoms with E-state index in [0.717, 1.165) is 6.42 Å². The molecule has 2 unspecified atom stereocenters. The highest BCUT2D eigenvalue weighted by Crippen LogP contribution is 2.35. The molecule has 1 aromatic carbocycles. The lowest BCUT2D eigenvalue weighted by Gasteiger charge is -2.16. The lowest BCUT2D eigenvalue weighted by molar-refractivity contribution is 0.613. The van der Waals surface area contributed by atoms with E-state index in [1.165, 1.54) is 18.4 Å². The Labute approximate surface area is 94.2 Å². The Kier molecular flexibility index (Phi) is 3.01. The van der Waals surface area contributed by atoms with Crippen molar-refractivity contribution < 1.29 is 0 Å². The second kappa shape index (κ2) is 4.09. The number of nitrogens with two attached hydrogens (primary N) is 1. The monoisotopic (exact) mass is 229 g/mol. The third-order valence-corrected chi connectivity index (χ3v) is 3.68. The Morgan fingerprint density at radius 3 is 2.50 bits per heavy atom. The molecule has 0 amide bonds. The zero-order chi connectivity index (χ0) is 10.1. The van der Waals surface area contributed by atoms with Crippen molar-refractivity contribution >= 4 is 23.2 Å². The van der Waals surface area contributed by atoms with Gasteiger partial charge in [0.15, 0.2) is 0 Å². The molecule has 1 aliphatic carbocycles. The summed E-state index contributed by atoms with van der Waals surface area (Å²) in [5.74, 6) is 0.463. The molecule has 2 rings (SSSR count). The first-order valence-electron chi connectivity index (χ1n) is 4.89. The summed E-state index contributed by atoms with van der Waals surface area (Å²) in [6, 6.07) is 6.11. The lowest BCUT2D eigenvalue weighted by Crippen LogP contribution is -2.22. The number of hydrogen-bond acceptors (Lipinski definition) is 1. The van der Waals surface area contributed by atoms with Crippen LogP contribution in [0.2, 0.25) is 10.0 Å². The molecule has 2 atom stereocenters. The van der Waals surface area contributed by atoms with Gasteiger partial charge in [0.25, 0.3) is 0 Å². The van der Waals surface area contributed by atoms with Crippen LogP contribution in [0.5, 0.6) is 0 Å². The van der Waals surface area contributed by atoms with Crippen molar-refractivity contribution in [1.82, 2.24) is 0 Å². The van der Waals surface area contributed by atoms with Gasteiger partial charge in [-0.05, 0) is 36.5 Å². The van der Waals surface area contributed by atoms with Gasteiger partial charge in [-0.1, -0.05) is 35.7 Å². The highest BCUT2D eigenvalue weighted by atomic mass is 35.5. The Hall–Kier alpha value is -0.240. The molecule has 0 aromatic heterocycles. The van der Waals surface area contributed by atoms with Crippen LogP contribution in [0, 0.1) is 0 Å². The van der Waals surface area contributed by atoms with Gasteiger partial charge in [-0.15, -0.1) is 0 Å². The average molecular weight is 230 g/mol. The van der Waals surface area contributed by atoms with Crippen LogP contribution in [0.3, 0.4) is 0 Å². The van der Waals surface area contributed by atoms with E-state index in [2.05, 4.69) is 0 Å². The van der Waals surface area contributed by atoms with E-state index < -0.39 is 0 Å². The lowest BCUT2D eigenvalue weighted by atomic mass is 9.95. The number of benzene rings is 1. The Morgan fingerprint density at radius 1 is 1.14 bits per heavy atom. The van der Waals surface area contributed by atoms with Crippen LogP contribution >= 0.6 is 23.2 Å². The van der Waals surface area contributed by atoms with Crippen molar-refractivity contribution in [1.29, 1.82) is 0 Å². The molecule has 1 aliphatic rings. The molecule has 0 aliphatic heterocycles. The number of hydrogen-bond donors (Lipinski definition) is 1. The summed E-state index contributed by atoms with van der Waals surface area (Å²) in [6.45, 7) is 0. The van der Waals surface area contributed by atoms with E-state index in [1.807, 2.05) is 18.2 Å². The van der Waals surface area contributed by atoms with Gasteiger partial charge in [0.2, 0.25) is 0 Å². The molecule has 0 heterocycles. The minimum Gasteiger partial charge on any atom is -0.327 e. The first-order chi connectivity index (χ1) is 6.68. The summed E-state index contributed by atoms with van der Waals surface area (Å²) < 4.78 is 0. The van der Waals surface area contributed by atoms with Crippen LogP contribution in [0.1, 0.15) is 30.7 Å². The SMILES string of the molecule is NC1CCCC1c1ccc(Cl)c(Cl)c1. The van der Waals surface area contributed by atoms with Crippen LogP contribution in [0.15, 0.2) is 18.2 Å². The van der Waals surface area contributed by atoms with Gasteiger partial charge >= 0.3 is 0 Å². The summed E-state index contributed by atoms with van der Waals surface area (Å²) in [6.07, 6.45) is 3.50. The molecule has 1 saturated carbocycles. The van der Waals surface area contributed by atoms with E-state index in [-0.39, 0.29) is 6.04 Å². The quantitative estimate of drug-likeness (QED) is 0.783. The molecule has 1 nitrogen and oxygen atoms in total. The minimum absolute atomic E-state index is 0.284. The predicted molar refractivity (Wildman–Crippen MR) is 61.0 cm³/mol. The third-order valence-electron chi connectivity index (χ3n) is 2.94. The Bertz CT molecular complexity index is 338. The maximum absolute atomic E-state index is 6.02. The van der Waals surface area contributed by atoms with Crippen molar-refractivity contribution in [2.24, 2.45) is 5.73 Å². The highest BCUT2D eigenvalue weighted by Gasteiger charge is 2.25. The molecule has 1 aromatic rings. The van der Waals surface area contributed by atoms with Gasteiger partial charge in [-0.3, -0.25) is 0 Å². The van der Waals surface area contributed by atoms with E-state index in [0.29, 0.717) is 16.0 Å². The smallest absolute Gasteiger partial charge is 0.0595 e. The second-order valence-electron chi connectivity index (χ2n) is 3.87. The fourth-order valence-electron chi connectivity index (χ4n) is 2.15. The van der Waals surface area contributed by atoms with Crippen LogP contribution < -0.4 is 5.73 Å². The minimum atomic E-state index is 0.284. The summed E-state index contributed by atoms with van der Waals surface area (Å²) in [7, 11) is 0. The normalized spacial score (nSPS) is 26.8. The maximum Gasteiger partial charge on any atom is 0.0595 e. The van der Waals surface area contributed by atoms with Crippen LogP contribution in [0.25, 0.3) is 0 Å². The molecule has 76 valence electrons. The van der Waals surface area contributed by atoms with Crippen molar-refractivity contribution in [2.75, 3.05) is 0 Å². The zero-order valence-corrected chi connectivity index (χ0v) is 9.35. The Balaban J connectivity index is 2.28. The summed E-state index contributed by atoms with van der Waals surface area (Å²) in [5, 5.41) is 1.24. The third kappa shape index (κ3) is 1.90. The van der Waals surface area contributed by atoms with Crippen LogP contribution in [-0.4, -0.2) is 6.04 Å². The second-order valence-corrected chi connectivity index (χ2v) is 4.69. The summed E-state index contributed by atoms with van der Waals surface area (Å²) >= 11 is 11.8. The standard InChI is InChI=1S/C11H13Cl2N/c12-9-5-4-7(6-10(9)13)8-2-1-3-11(8)14/h4-6,8,11H,1-3,14H2. The van der Waals surface area contributed by atoms with Gasteiger partial charge in [0.1, 0.15) is 0 Å². The fourth-order valence-corrected chi connectivity index (χ4v) is 2.45. The number of halogens is 2. The summed E-state index contributed by atoms with van der Waals surface area (Å²) in [5.41, 5.74) is 7.25. The van der Waals surface area contributed by atoms with Crippen molar-refractivity contribution in [3.63, 3.8) is 0 Å². The van der Waals surface area contributed by atoms with Gasteiger partial charge in [-0.25, -0.2) is 0 Å². The van der Waals surface area contributed by atoms with Crippen LogP contribution in [-0.2, 0) is 0 Å². The molecule has 14 heavy (non-hydrogen) atoms. The van der Waals surface area contributed by atoms with Gasteiger partial charge in [0.05, 0.1) is 10.0 Å². The first kappa shape index (κ1) is 10.3. The molecule has 3 heteroatoms. The topological polar surface area (TPSA) is 26.0 Å². The summed E-state index contributed by atoms with van der Waals surface area (Å²) in [4.78, 5) is 0. The molecule has 1 fully saturated rings. The van der Waals surface area contributed by atoms with Crippen molar-refractivity contribution in [3.05, 3.63) is 33.8 Å². The highest BCUT2D eigenvalue weighted by molar-refractivity contribution is 6.42. The first-order valence-corrected chi connectivity index (χ1v) is 5.64. The molecular formula is C11H13Cl2N.